The SMILES string of the molecule is OCC1(c2ccc(Cl)cc2)CCN(c2cccn3nc(Nc4ccc(C(O)N5CCCC5c5ccncc5)cc4)nc23)CC1. The van der Waals surface area contributed by atoms with Gasteiger partial charge in [0.15, 0.2) is 5.65 Å². The summed E-state index contributed by atoms with van der Waals surface area (Å²) in [7, 11) is 0. The van der Waals surface area contributed by atoms with E-state index in [9.17, 15) is 10.2 Å². The van der Waals surface area contributed by atoms with Crippen LogP contribution in [-0.2, 0) is 5.41 Å². The monoisotopic (exact) mass is 609 g/mol. The number of nitrogens with one attached hydrogen (secondary N) is 1. The van der Waals surface area contributed by atoms with Gasteiger partial charge in [-0.1, -0.05) is 35.9 Å². The molecule has 0 radical (unpaired) electrons. The number of likely N-dealkylation sites (tertiary alicyclic amines) is 1. The van der Waals surface area contributed by atoms with E-state index < -0.39 is 6.23 Å². The van der Waals surface area contributed by atoms with E-state index in [0.29, 0.717) is 11.0 Å². The molecular weight excluding hydrogens is 574 g/mol. The first kappa shape index (κ1) is 28.7. The first-order valence-corrected chi connectivity index (χ1v) is 15.6. The number of pyridine rings is 2. The van der Waals surface area contributed by atoms with Gasteiger partial charge in [-0.25, -0.2) is 4.52 Å². The van der Waals surface area contributed by atoms with Crippen LogP contribution < -0.4 is 10.2 Å². The Morgan fingerprint density at radius 3 is 2.43 bits per heavy atom. The predicted octanol–water partition coefficient (Wildman–Crippen LogP) is 5.88. The summed E-state index contributed by atoms with van der Waals surface area (Å²) in [6, 6.07) is 24.0. The summed E-state index contributed by atoms with van der Waals surface area (Å²) >= 11 is 6.11. The third kappa shape index (κ3) is 5.52. The van der Waals surface area contributed by atoms with Gasteiger partial charge in [0.2, 0.25) is 5.95 Å². The van der Waals surface area contributed by atoms with Gasteiger partial charge in [0.1, 0.15) is 6.23 Å². The number of hydrogen-bond donors (Lipinski definition) is 3. The fourth-order valence-electron chi connectivity index (χ4n) is 6.79. The predicted molar refractivity (Wildman–Crippen MR) is 172 cm³/mol. The number of aromatic nitrogens is 4. The molecule has 2 aliphatic heterocycles. The van der Waals surface area contributed by atoms with Gasteiger partial charge in [-0.2, -0.15) is 4.98 Å². The fourth-order valence-corrected chi connectivity index (χ4v) is 6.92. The van der Waals surface area contributed by atoms with Gasteiger partial charge in [-0.05, 0) is 90.9 Å². The molecule has 2 atom stereocenters. The molecule has 2 fully saturated rings. The quantitative estimate of drug-likeness (QED) is 0.200. The van der Waals surface area contributed by atoms with Crippen molar-refractivity contribution < 1.29 is 10.2 Å². The van der Waals surface area contributed by atoms with Crippen molar-refractivity contribution in [3.63, 3.8) is 0 Å². The number of fused-ring (bicyclic) bond motifs is 1. The van der Waals surface area contributed by atoms with Crippen LogP contribution in [0.3, 0.4) is 0 Å². The lowest BCUT2D eigenvalue weighted by molar-refractivity contribution is -0.00788. The Balaban J connectivity index is 1.04. The lowest BCUT2D eigenvalue weighted by Crippen LogP contribution is -2.45. The van der Waals surface area contributed by atoms with E-state index >= 15 is 0 Å². The van der Waals surface area contributed by atoms with E-state index in [1.165, 1.54) is 5.56 Å². The topological polar surface area (TPSA) is 102 Å². The molecule has 10 heteroatoms. The van der Waals surface area contributed by atoms with Crippen LogP contribution in [0, 0.1) is 0 Å². The molecule has 0 bridgehead atoms. The molecule has 0 aliphatic carbocycles. The molecule has 0 amide bonds. The molecule has 44 heavy (non-hydrogen) atoms. The second-order valence-corrected chi connectivity index (χ2v) is 12.3. The fraction of sp³-hybridized carbons (Fsp3) is 0.324. The summed E-state index contributed by atoms with van der Waals surface area (Å²) in [5.41, 5.74) is 5.53. The van der Waals surface area contributed by atoms with Gasteiger partial charge in [0, 0.05) is 60.4 Å². The standard InChI is InChI=1S/C34H36ClN7O2/c35-27-9-7-26(8-10-27)34(23-43)15-21-40(22-16-34)30-4-2-20-42-31(30)38-33(39-42)37-28-11-5-25(6-12-28)32(44)41-19-1-3-29(41)24-13-17-36-18-14-24/h2,4-14,17-18,20,29,32,43-44H,1,3,15-16,19,21-23H2,(H,37,39). The van der Waals surface area contributed by atoms with Crippen molar-refractivity contribution >= 4 is 34.6 Å². The summed E-state index contributed by atoms with van der Waals surface area (Å²) in [5.74, 6) is 0.505. The third-order valence-corrected chi connectivity index (χ3v) is 9.58. The minimum atomic E-state index is -0.686. The molecule has 2 saturated heterocycles. The largest absolute Gasteiger partial charge is 0.395 e. The van der Waals surface area contributed by atoms with Crippen LogP contribution in [-0.4, -0.2) is 60.9 Å². The van der Waals surface area contributed by atoms with E-state index in [2.05, 4.69) is 31.3 Å². The summed E-state index contributed by atoms with van der Waals surface area (Å²) in [5, 5.41) is 30.4. The highest BCUT2D eigenvalue weighted by atomic mass is 35.5. The summed E-state index contributed by atoms with van der Waals surface area (Å²) in [6.45, 7) is 2.54. The maximum Gasteiger partial charge on any atom is 0.247 e. The number of hydrogen-bond acceptors (Lipinski definition) is 8. The second kappa shape index (κ2) is 12.2. The number of rotatable bonds is 8. The third-order valence-electron chi connectivity index (χ3n) is 9.33. The lowest BCUT2D eigenvalue weighted by atomic mass is 9.73. The Kier molecular flexibility index (Phi) is 7.95. The Morgan fingerprint density at radius 2 is 1.70 bits per heavy atom. The molecule has 3 N–H and O–H groups in total. The van der Waals surface area contributed by atoms with Gasteiger partial charge >= 0.3 is 0 Å². The van der Waals surface area contributed by atoms with Crippen molar-refractivity contribution in [2.24, 2.45) is 0 Å². The van der Waals surface area contributed by atoms with Crippen LogP contribution in [0.4, 0.5) is 17.3 Å². The van der Waals surface area contributed by atoms with Crippen molar-refractivity contribution in [3.8, 4) is 0 Å². The number of nitrogens with zero attached hydrogens (tertiary/aromatic N) is 6. The van der Waals surface area contributed by atoms with Gasteiger partial charge in [-0.3, -0.25) is 9.88 Å². The van der Waals surface area contributed by atoms with E-state index in [0.717, 1.165) is 73.5 Å². The van der Waals surface area contributed by atoms with Crippen LogP contribution in [0.1, 0.15) is 54.6 Å². The van der Waals surface area contributed by atoms with Crippen LogP contribution >= 0.6 is 11.6 Å². The van der Waals surface area contributed by atoms with Crippen molar-refractivity contribution in [2.75, 3.05) is 36.5 Å². The minimum Gasteiger partial charge on any atom is -0.395 e. The second-order valence-electron chi connectivity index (χ2n) is 11.8. The zero-order valence-electron chi connectivity index (χ0n) is 24.4. The van der Waals surface area contributed by atoms with Crippen molar-refractivity contribution in [2.45, 2.75) is 43.4 Å². The molecule has 9 nitrogen and oxygen atoms in total. The number of anilines is 3. The molecule has 2 aromatic carbocycles. The molecule has 0 spiro atoms. The number of aliphatic hydroxyl groups excluding tert-OH is 2. The normalized spacial score (nSPS) is 19.3. The highest BCUT2D eigenvalue weighted by Gasteiger charge is 2.36. The Labute approximate surface area is 261 Å². The molecule has 226 valence electrons. The van der Waals surface area contributed by atoms with Crippen LogP contribution in [0.2, 0.25) is 5.02 Å². The number of piperidine rings is 1. The zero-order chi connectivity index (χ0) is 30.1. The Bertz CT molecular complexity index is 1700. The molecule has 3 aromatic heterocycles. The van der Waals surface area contributed by atoms with Gasteiger partial charge in [0.25, 0.3) is 0 Å². The number of benzene rings is 2. The molecule has 2 aliphatic rings. The van der Waals surface area contributed by atoms with Crippen molar-refractivity contribution in [1.82, 2.24) is 24.5 Å². The van der Waals surface area contributed by atoms with Gasteiger partial charge < -0.3 is 20.4 Å². The number of aliphatic hydroxyl groups is 2. The summed E-state index contributed by atoms with van der Waals surface area (Å²) in [4.78, 5) is 13.5. The molecule has 5 heterocycles. The van der Waals surface area contributed by atoms with Crippen LogP contribution in [0.15, 0.2) is 91.4 Å². The first-order valence-electron chi connectivity index (χ1n) is 15.2. The summed E-state index contributed by atoms with van der Waals surface area (Å²) in [6.07, 6.45) is 8.56. The average molecular weight is 610 g/mol. The van der Waals surface area contributed by atoms with E-state index in [1.54, 1.807) is 4.52 Å². The van der Waals surface area contributed by atoms with E-state index in [4.69, 9.17) is 16.6 Å². The smallest absolute Gasteiger partial charge is 0.247 e. The maximum atomic E-state index is 11.2. The van der Waals surface area contributed by atoms with Crippen LogP contribution in [0.25, 0.3) is 5.65 Å². The van der Waals surface area contributed by atoms with Gasteiger partial charge in [-0.15, -0.1) is 5.10 Å². The Morgan fingerprint density at radius 1 is 0.955 bits per heavy atom. The van der Waals surface area contributed by atoms with Gasteiger partial charge in [0.05, 0.1) is 12.3 Å². The highest BCUT2D eigenvalue weighted by molar-refractivity contribution is 6.30. The average Bonchev–Trinajstić information content (AvgIpc) is 3.73. The summed E-state index contributed by atoms with van der Waals surface area (Å²) < 4.78 is 1.80. The molecule has 5 aromatic rings. The maximum absolute atomic E-state index is 11.2. The zero-order valence-corrected chi connectivity index (χ0v) is 25.2. The molecule has 0 saturated carbocycles. The molecule has 7 rings (SSSR count). The van der Waals surface area contributed by atoms with Crippen molar-refractivity contribution in [3.05, 3.63) is 113 Å². The lowest BCUT2D eigenvalue weighted by Gasteiger charge is -2.42. The molecular formula is C34H36ClN7O2. The number of halogens is 1. The van der Waals surface area contributed by atoms with E-state index in [-0.39, 0.29) is 18.1 Å². The van der Waals surface area contributed by atoms with Crippen LogP contribution in [0.5, 0.6) is 0 Å². The minimum absolute atomic E-state index is 0.102. The first-order chi connectivity index (χ1) is 21.5. The van der Waals surface area contributed by atoms with Crippen molar-refractivity contribution in [1.29, 1.82) is 0 Å². The highest BCUT2D eigenvalue weighted by Crippen LogP contribution is 2.39. The molecule has 2 unspecified atom stereocenters. The Hall–Kier alpha value is -4.02. The van der Waals surface area contributed by atoms with E-state index in [1.807, 2.05) is 85.3 Å².